The summed E-state index contributed by atoms with van der Waals surface area (Å²) in [7, 11) is 0. The zero-order chi connectivity index (χ0) is 22.9. The first-order chi connectivity index (χ1) is 16.2. The van der Waals surface area contributed by atoms with Crippen molar-refractivity contribution >= 4 is 3.21 Å². The molecule has 35 heavy (non-hydrogen) atoms. The molecule has 0 aliphatic heterocycles. The standard InChI is InChI=1S/C14H12.C13H9.C5H5.2ClH.Zr/c1-12-7-9-14(10-8-12)11-13-5-3-2-4-6-13;1-3-7-12-10(5-1)9-11-6-2-4-8-13(11)12;1-2-4-5-3-1;;;/h2-10H,1H3;1-5,7-8H,9H2;1-3H,4H2;2*1H;/q;2*-1;;;+2/p-2. The van der Waals surface area contributed by atoms with Crippen molar-refractivity contribution < 1.29 is 49.0 Å². The molecule has 0 bridgehead atoms. The van der Waals surface area contributed by atoms with Crippen LogP contribution in [-0.4, -0.2) is 3.21 Å². The van der Waals surface area contributed by atoms with Gasteiger partial charge in [-0.3, -0.25) is 6.08 Å². The molecule has 0 spiro atoms. The molecule has 2 aliphatic carbocycles. The summed E-state index contributed by atoms with van der Waals surface area (Å²) in [5.41, 5.74) is 9.50. The van der Waals surface area contributed by atoms with Crippen molar-refractivity contribution in [2.24, 2.45) is 0 Å². The third-order valence-electron chi connectivity index (χ3n) is 5.61. The number of benzene rings is 4. The van der Waals surface area contributed by atoms with E-state index in [0.29, 0.717) is 0 Å². The molecule has 0 saturated heterocycles. The van der Waals surface area contributed by atoms with E-state index in [0.717, 1.165) is 12.8 Å². The predicted molar refractivity (Wildman–Crippen MR) is 136 cm³/mol. The fourth-order valence-electron chi connectivity index (χ4n) is 3.83. The molecular weight excluding hydrogens is 546 g/mol. The number of hydrogen-bond acceptors (Lipinski definition) is 0. The van der Waals surface area contributed by atoms with Crippen LogP contribution in [-0.2, 0) is 30.7 Å². The summed E-state index contributed by atoms with van der Waals surface area (Å²) in [6, 6.07) is 37.4. The van der Waals surface area contributed by atoms with Gasteiger partial charge in [-0.25, -0.2) is 12.2 Å². The van der Waals surface area contributed by atoms with E-state index < -0.39 is 0 Å². The van der Waals surface area contributed by atoms with Crippen molar-refractivity contribution in [2.45, 2.75) is 19.8 Å². The van der Waals surface area contributed by atoms with Crippen LogP contribution in [0, 0.1) is 19.1 Å². The Morgan fingerprint density at radius 1 is 0.743 bits per heavy atom. The second-order valence-corrected chi connectivity index (χ2v) is 9.24. The molecule has 0 aromatic heterocycles. The van der Waals surface area contributed by atoms with E-state index in [-0.39, 0.29) is 24.8 Å². The van der Waals surface area contributed by atoms with Gasteiger partial charge >= 0.3 is 106 Å². The molecular formula is C32H26Cl2Zr-2. The largest absolute Gasteiger partial charge is 1.00 e. The summed E-state index contributed by atoms with van der Waals surface area (Å²) in [4.78, 5) is 0. The number of hydrogen-bond donors (Lipinski definition) is 0. The maximum Gasteiger partial charge on any atom is -0.0253 e. The summed E-state index contributed by atoms with van der Waals surface area (Å²) in [6.07, 6.45) is 11.0. The van der Waals surface area contributed by atoms with E-state index in [1.807, 2.05) is 18.2 Å². The third-order valence-corrected chi connectivity index (χ3v) is 7.02. The van der Waals surface area contributed by atoms with Crippen LogP contribution in [0.5, 0.6) is 0 Å². The minimum absolute atomic E-state index is 0. The van der Waals surface area contributed by atoms with Gasteiger partial charge in [-0.15, -0.1) is 12.0 Å². The normalized spacial score (nSPS) is 11.4. The first kappa shape index (κ1) is 28.9. The Labute approximate surface area is 237 Å². The average Bonchev–Trinajstić information content (AvgIpc) is 3.57. The van der Waals surface area contributed by atoms with Crippen molar-refractivity contribution in [3.8, 4) is 11.1 Å². The topological polar surface area (TPSA) is 0 Å². The molecule has 0 unspecified atom stereocenters. The van der Waals surface area contributed by atoms with Gasteiger partial charge in [-0.1, -0.05) is 35.4 Å². The van der Waals surface area contributed by atoms with E-state index >= 15 is 0 Å². The SMILES string of the molecule is Cc1ccc([C](=[Zr+2])c2ccccc2)cc1.[C-]1=CC=CC1.[Cl-].[Cl-].[c-]1cccc2c1Cc1ccccc1-2. The van der Waals surface area contributed by atoms with Gasteiger partial charge in [0.15, 0.2) is 0 Å². The molecule has 0 heterocycles. The molecule has 174 valence electrons. The first-order valence-electron chi connectivity index (χ1n) is 11.2. The van der Waals surface area contributed by atoms with Gasteiger partial charge in [0.1, 0.15) is 0 Å². The van der Waals surface area contributed by atoms with Crippen LogP contribution in [0.25, 0.3) is 11.1 Å². The molecule has 0 radical (unpaired) electrons. The molecule has 0 fully saturated rings. The second-order valence-electron chi connectivity index (χ2n) is 8.01. The van der Waals surface area contributed by atoms with Crippen LogP contribution >= 0.6 is 0 Å². The smallest absolute Gasteiger partial charge is 0.0253 e. The Balaban J connectivity index is 0.000000198. The molecule has 4 aromatic carbocycles. The van der Waals surface area contributed by atoms with Crippen molar-refractivity contribution in [2.75, 3.05) is 0 Å². The summed E-state index contributed by atoms with van der Waals surface area (Å²) >= 11 is 1.46. The number of rotatable bonds is 2. The van der Waals surface area contributed by atoms with Gasteiger partial charge < -0.3 is 24.8 Å². The van der Waals surface area contributed by atoms with E-state index in [1.165, 1.54) is 66.4 Å². The quantitative estimate of drug-likeness (QED) is 0.282. The molecule has 3 heteroatoms. The van der Waals surface area contributed by atoms with Crippen LogP contribution in [0.1, 0.15) is 34.2 Å². The Bertz CT molecular complexity index is 1220. The van der Waals surface area contributed by atoms with Crippen molar-refractivity contribution in [1.29, 1.82) is 0 Å². The predicted octanol–water partition coefficient (Wildman–Crippen LogP) is 1.48. The van der Waals surface area contributed by atoms with Crippen LogP contribution < -0.4 is 24.8 Å². The number of allylic oxidation sites excluding steroid dienone is 4. The minimum atomic E-state index is 0. The Morgan fingerprint density at radius 3 is 2.06 bits per heavy atom. The van der Waals surface area contributed by atoms with E-state index in [1.54, 1.807) is 0 Å². The molecule has 6 rings (SSSR count). The molecule has 2 aliphatic rings. The Kier molecular flexibility index (Phi) is 12.4. The summed E-state index contributed by atoms with van der Waals surface area (Å²) in [5.74, 6) is 0. The van der Waals surface area contributed by atoms with Gasteiger partial charge in [0.25, 0.3) is 0 Å². The molecule has 0 N–H and O–H groups in total. The van der Waals surface area contributed by atoms with Gasteiger partial charge in [0.05, 0.1) is 0 Å². The van der Waals surface area contributed by atoms with E-state index in [4.69, 9.17) is 0 Å². The third kappa shape index (κ3) is 8.11. The molecule has 0 amide bonds. The van der Waals surface area contributed by atoms with E-state index in [9.17, 15) is 0 Å². The summed E-state index contributed by atoms with van der Waals surface area (Å²) in [5, 5.41) is 0. The average molecular weight is 573 g/mol. The van der Waals surface area contributed by atoms with Crippen LogP contribution in [0.3, 0.4) is 0 Å². The fraction of sp³-hybridized carbons (Fsp3) is 0.0938. The van der Waals surface area contributed by atoms with Gasteiger partial charge in [0, 0.05) is 0 Å². The Morgan fingerprint density at radius 2 is 1.40 bits per heavy atom. The summed E-state index contributed by atoms with van der Waals surface area (Å²) < 4.78 is 1.42. The monoisotopic (exact) mass is 570 g/mol. The molecule has 0 saturated carbocycles. The fourth-order valence-corrected chi connectivity index (χ4v) is 4.65. The summed E-state index contributed by atoms with van der Waals surface area (Å²) in [6.45, 7) is 2.12. The molecule has 0 atom stereocenters. The number of fused-ring (bicyclic) bond motifs is 3. The van der Waals surface area contributed by atoms with Gasteiger partial charge in [-0.05, 0) is 6.42 Å². The van der Waals surface area contributed by atoms with Gasteiger partial charge in [-0.2, -0.15) is 35.9 Å². The van der Waals surface area contributed by atoms with Crippen molar-refractivity contribution in [3.05, 3.63) is 155 Å². The Hall–Kier alpha value is -2.31. The maximum absolute atomic E-state index is 3.30. The van der Waals surface area contributed by atoms with Crippen LogP contribution in [0.2, 0.25) is 0 Å². The van der Waals surface area contributed by atoms with Crippen LogP contribution in [0.4, 0.5) is 0 Å². The first-order valence-corrected chi connectivity index (χ1v) is 12.5. The number of aryl methyl sites for hydroxylation is 1. The van der Waals surface area contributed by atoms with Crippen LogP contribution in [0.15, 0.2) is 115 Å². The van der Waals surface area contributed by atoms with E-state index in [2.05, 4.69) is 116 Å². The zero-order valence-electron chi connectivity index (χ0n) is 19.6. The second kappa shape index (κ2) is 14.9. The minimum Gasteiger partial charge on any atom is -1.00 e. The van der Waals surface area contributed by atoms with Gasteiger partial charge in [0.2, 0.25) is 0 Å². The zero-order valence-corrected chi connectivity index (χ0v) is 23.6. The maximum atomic E-state index is 3.30. The van der Waals surface area contributed by atoms with Crippen molar-refractivity contribution in [1.82, 2.24) is 0 Å². The molecule has 4 aromatic rings. The van der Waals surface area contributed by atoms with Crippen molar-refractivity contribution in [3.63, 3.8) is 0 Å². The molecule has 0 nitrogen and oxygen atoms in total. The number of halogens is 2.